The Morgan fingerprint density at radius 2 is 1.97 bits per heavy atom. The Morgan fingerprint density at radius 1 is 1.24 bits per heavy atom. The number of hydrogen-bond donors (Lipinski definition) is 2. The first-order valence-electron chi connectivity index (χ1n) is 8.99. The summed E-state index contributed by atoms with van der Waals surface area (Å²) in [5.74, 6) is -3.12. The second-order valence-electron chi connectivity index (χ2n) is 6.85. The van der Waals surface area contributed by atoms with Gasteiger partial charge in [0.2, 0.25) is 11.7 Å². The normalized spacial score (nSPS) is 12.4. The van der Waals surface area contributed by atoms with Crippen LogP contribution in [0.4, 0.5) is 26.1 Å². The van der Waals surface area contributed by atoms with Gasteiger partial charge >= 0.3 is 5.92 Å². The minimum absolute atomic E-state index is 0.120. The van der Waals surface area contributed by atoms with Gasteiger partial charge in [0.1, 0.15) is 11.6 Å². The van der Waals surface area contributed by atoms with E-state index in [-0.39, 0.29) is 23.5 Å². The number of rotatable bonds is 9. The van der Waals surface area contributed by atoms with Crippen molar-refractivity contribution in [2.24, 2.45) is 5.92 Å². The fraction of sp³-hybridized carbons (Fsp3) is 0.474. The average Bonchev–Trinajstić information content (AvgIpc) is 2.59. The Bertz CT molecular complexity index is 858. The maximum absolute atomic E-state index is 13.7. The third-order valence-electron chi connectivity index (χ3n) is 3.66. The molecule has 2 N–H and O–H groups in total. The maximum Gasteiger partial charge on any atom is 0.303 e. The van der Waals surface area contributed by atoms with Crippen LogP contribution in [0.3, 0.4) is 0 Å². The minimum atomic E-state index is -3.18. The van der Waals surface area contributed by atoms with Gasteiger partial charge in [0.25, 0.3) is 0 Å². The summed E-state index contributed by atoms with van der Waals surface area (Å²) in [5.41, 5.74) is 0.795. The third-order valence-corrected chi connectivity index (χ3v) is 3.66. The molecular weight excluding hydrogens is 384 g/mol. The number of aromatic nitrogens is 3. The van der Waals surface area contributed by atoms with Crippen LogP contribution in [-0.4, -0.2) is 41.2 Å². The summed E-state index contributed by atoms with van der Waals surface area (Å²) in [7, 11) is 1.60. The van der Waals surface area contributed by atoms with E-state index >= 15 is 0 Å². The molecule has 0 spiro atoms. The van der Waals surface area contributed by atoms with Crippen molar-refractivity contribution in [3.8, 4) is 5.75 Å². The Labute approximate surface area is 168 Å². The van der Waals surface area contributed by atoms with Crippen molar-refractivity contribution < 1.29 is 23.0 Å². The Hall–Kier alpha value is -2.88. The summed E-state index contributed by atoms with van der Waals surface area (Å²) in [4.78, 5) is 23.2. The molecule has 1 amide bonds. The van der Waals surface area contributed by atoms with E-state index in [4.69, 9.17) is 9.47 Å². The summed E-state index contributed by atoms with van der Waals surface area (Å²) in [5, 5.41) is 5.54. The zero-order valence-electron chi connectivity index (χ0n) is 17.0. The molecule has 29 heavy (non-hydrogen) atoms. The minimum Gasteiger partial charge on any atom is -0.489 e. The van der Waals surface area contributed by atoms with Crippen LogP contribution < -0.4 is 15.4 Å². The van der Waals surface area contributed by atoms with Gasteiger partial charge in [-0.05, 0) is 6.92 Å². The van der Waals surface area contributed by atoms with Gasteiger partial charge in [0.05, 0.1) is 25.1 Å². The molecular formula is C19H25F2N5O3. The highest BCUT2D eigenvalue weighted by Crippen LogP contribution is 2.31. The van der Waals surface area contributed by atoms with Crippen molar-refractivity contribution in [3.63, 3.8) is 0 Å². The number of nitrogens with zero attached hydrogens (tertiary/aromatic N) is 3. The van der Waals surface area contributed by atoms with Crippen LogP contribution in [-0.2, 0) is 15.5 Å². The molecule has 0 aliphatic carbocycles. The number of nitrogens with one attached hydrogen (secondary N) is 2. The van der Waals surface area contributed by atoms with E-state index in [1.54, 1.807) is 20.1 Å². The average molecular weight is 409 g/mol. The van der Waals surface area contributed by atoms with Crippen molar-refractivity contribution in [1.82, 2.24) is 15.0 Å². The molecule has 0 bridgehead atoms. The van der Waals surface area contributed by atoms with E-state index in [0.717, 1.165) is 6.92 Å². The number of pyridine rings is 1. The third kappa shape index (κ3) is 6.90. The number of halogens is 2. The molecule has 10 heteroatoms. The van der Waals surface area contributed by atoms with Crippen LogP contribution >= 0.6 is 0 Å². The zero-order chi connectivity index (χ0) is 21.6. The molecule has 0 saturated carbocycles. The number of hydrogen-bond acceptors (Lipinski definition) is 7. The van der Waals surface area contributed by atoms with Crippen LogP contribution in [0.15, 0.2) is 18.3 Å². The molecule has 1 atom stereocenters. The quantitative estimate of drug-likeness (QED) is 0.652. The topological polar surface area (TPSA) is 98.3 Å². The van der Waals surface area contributed by atoms with Crippen molar-refractivity contribution in [3.05, 3.63) is 29.8 Å². The van der Waals surface area contributed by atoms with Crippen LogP contribution in [0, 0.1) is 12.8 Å². The van der Waals surface area contributed by atoms with Gasteiger partial charge in [0.15, 0.2) is 5.75 Å². The van der Waals surface area contributed by atoms with Crippen molar-refractivity contribution in [1.29, 1.82) is 0 Å². The van der Waals surface area contributed by atoms with E-state index in [2.05, 4.69) is 25.6 Å². The van der Waals surface area contributed by atoms with Crippen molar-refractivity contribution in [2.75, 3.05) is 31.0 Å². The van der Waals surface area contributed by atoms with Gasteiger partial charge in [-0.15, -0.1) is 0 Å². The number of carbonyl (C=O) groups is 1. The van der Waals surface area contributed by atoms with Crippen molar-refractivity contribution in [2.45, 2.75) is 33.6 Å². The monoisotopic (exact) mass is 409 g/mol. The van der Waals surface area contributed by atoms with Crippen LogP contribution in [0.5, 0.6) is 5.75 Å². The number of aryl methyl sites for hydroxylation is 1. The lowest BCUT2D eigenvalue weighted by molar-refractivity contribution is -0.114. The van der Waals surface area contributed by atoms with Crippen LogP contribution in [0.25, 0.3) is 0 Å². The predicted molar refractivity (Wildman–Crippen MR) is 105 cm³/mol. The number of amides is 1. The summed E-state index contributed by atoms with van der Waals surface area (Å²) < 4.78 is 38.2. The molecule has 8 nitrogen and oxygen atoms in total. The van der Waals surface area contributed by atoms with Gasteiger partial charge in [-0.25, -0.2) is 15.0 Å². The Balaban J connectivity index is 2.35. The Kier molecular flexibility index (Phi) is 7.38. The maximum atomic E-state index is 13.7. The number of ether oxygens (including phenoxy) is 2. The lowest BCUT2D eigenvalue weighted by Crippen LogP contribution is -2.16. The highest BCUT2D eigenvalue weighted by atomic mass is 19.3. The fourth-order valence-corrected chi connectivity index (χ4v) is 2.44. The van der Waals surface area contributed by atoms with E-state index in [9.17, 15) is 13.6 Å². The summed E-state index contributed by atoms with van der Waals surface area (Å²) in [6, 6.07) is 3.07. The second kappa shape index (κ2) is 9.55. The molecule has 0 aliphatic rings. The molecule has 2 aromatic heterocycles. The number of alkyl halides is 2. The highest BCUT2D eigenvalue weighted by molar-refractivity contribution is 5.88. The second-order valence-corrected chi connectivity index (χ2v) is 6.85. The first kappa shape index (κ1) is 22.4. The zero-order valence-corrected chi connectivity index (χ0v) is 17.0. The molecule has 0 aliphatic heterocycles. The van der Waals surface area contributed by atoms with E-state index < -0.39 is 11.7 Å². The summed E-state index contributed by atoms with van der Waals surface area (Å²) in [6.07, 6.45) is 1.44. The molecule has 158 valence electrons. The van der Waals surface area contributed by atoms with Gasteiger partial charge in [0, 0.05) is 44.7 Å². The number of carbonyl (C=O) groups excluding carboxylic acids is 1. The SMILES string of the molecule is COC[C@@H](C)COc1cnc(NC(C)=O)cc1Nc1cc(C)nc(C(C)(F)F)n1. The predicted octanol–water partition coefficient (Wildman–Crippen LogP) is 3.66. The molecule has 0 aromatic carbocycles. The number of methoxy groups -OCH3 is 1. The van der Waals surface area contributed by atoms with Gasteiger partial charge in [-0.3, -0.25) is 4.79 Å². The molecule has 0 saturated heterocycles. The van der Waals surface area contributed by atoms with Gasteiger partial charge in [-0.2, -0.15) is 8.78 Å². The lowest BCUT2D eigenvalue weighted by atomic mass is 10.2. The molecule has 0 unspecified atom stereocenters. The highest BCUT2D eigenvalue weighted by Gasteiger charge is 2.29. The summed E-state index contributed by atoms with van der Waals surface area (Å²) >= 11 is 0. The van der Waals surface area contributed by atoms with Crippen molar-refractivity contribution >= 4 is 23.2 Å². The fourth-order valence-electron chi connectivity index (χ4n) is 2.44. The smallest absolute Gasteiger partial charge is 0.303 e. The summed E-state index contributed by atoms with van der Waals surface area (Å²) in [6.45, 7) is 6.51. The van der Waals surface area contributed by atoms with E-state index in [0.29, 0.717) is 30.3 Å². The molecule has 0 radical (unpaired) electrons. The molecule has 0 fully saturated rings. The van der Waals surface area contributed by atoms with Gasteiger partial charge in [-0.1, -0.05) is 6.92 Å². The lowest BCUT2D eigenvalue weighted by Gasteiger charge is -2.17. The van der Waals surface area contributed by atoms with Gasteiger partial charge < -0.3 is 20.1 Å². The van der Waals surface area contributed by atoms with E-state index in [1.807, 2.05) is 6.92 Å². The molecule has 2 aromatic rings. The Morgan fingerprint density at radius 3 is 2.59 bits per heavy atom. The molecule has 2 rings (SSSR count). The van der Waals surface area contributed by atoms with Crippen LogP contribution in [0.1, 0.15) is 32.3 Å². The van der Waals surface area contributed by atoms with E-state index in [1.165, 1.54) is 19.2 Å². The first-order valence-corrected chi connectivity index (χ1v) is 8.99. The largest absolute Gasteiger partial charge is 0.489 e. The molecule has 2 heterocycles. The van der Waals surface area contributed by atoms with Crippen LogP contribution in [0.2, 0.25) is 0 Å². The number of anilines is 3. The first-order chi connectivity index (χ1) is 13.6. The standard InChI is InChI=1S/C19H25F2N5O3/c1-11(9-28-5)10-29-15-8-22-16(24-13(3)27)7-14(15)25-17-6-12(2)23-18(26-17)19(4,20)21/h6-8,11H,9-10H2,1-5H3,(H2,22,23,24,25,26,27)/t11-/m1/s1.